The van der Waals surface area contributed by atoms with Crippen LogP contribution in [0.3, 0.4) is 0 Å². The third-order valence-corrected chi connectivity index (χ3v) is 9.91. The number of benzene rings is 2. The summed E-state index contributed by atoms with van der Waals surface area (Å²) in [6, 6.07) is 18.2. The summed E-state index contributed by atoms with van der Waals surface area (Å²) in [5.74, 6) is 0.246. The molecule has 1 atom stereocenters. The molecule has 2 aromatic carbocycles. The number of hydrogen-bond donors (Lipinski definition) is 4. The number of nitrogens with two attached hydrogens (primary N) is 3. The number of likely N-dealkylation sites (tertiary alicyclic amines) is 1. The van der Waals surface area contributed by atoms with Gasteiger partial charge in [-0.2, -0.15) is 5.10 Å². The summed E-state index contributed by atoms with van der Waals surface area (Å²) in [7, 11) is 0. The Kier molecular flexibility index (Phi) is 10.6. The number of carbonyl (C=O) groups excluding carboxylic acids is 1. The number of para-hydroxylation sites is 1. The molecule has 0 saturated carbocycles. The maximum atomic E-state index is 11.1. The molecule has 4 heterocycles. The molecule has 0 amide bonds. The van der Waals surface area contributed by atoms with E-state index in [1.165, 1.54) is 34.7 Å². The van der Waals surface area contributed by atoms with Crippen LogP contribution in [0.25, 0.3) is 33.2 Å². The Bertz CT molecular complexity index is 1960. The number of hydrogen-bond acceptors (Lipinski definition) is 8. The van der Waals surface area contributed by atoms with E-state index in [-0.39, 0.29) is 17.6 Å². The van der Waals surface area contributed by atoms with E-state index < -0.39 is 0 Å². The van der Waals surface area contributed by atoms with Crippen molar-refractivity contribution in [1.82, 2.24) is 24.2 Å². The number of rotatable bonds is 14. The van der Waals surface area contributed by atoms with Gasteiger partial charge in [-0.1, -0.05) is 30.7 Å². The van der Waals surface area contributed by atoms with Crippen LogP contribution in [0.4, 0.5) is 0 Å². The zero-order valence-corrected chi connectivity index (χ0v) is 28.3. The molecule has 6 rings (SSSR count). The van der Waals surface area contributed by atoms with Crippen molar-refractivity contribution in [3.8, 4) is 5.75 Å². The van der Waals surface area contributed by atoms with Gasteiger partial charge in [-0.05, 0) is 94.0 Å². The molecular formula is C39H48N8O2. The van der Waals surface area contributed by atoms with Crippen LogP contribution in [0, 0.1) is 0 Å². The quantitative estimate of drug-likeness (QED) is 0.0618. The fourth-order valence-corrected chi connectivity index (χ4v) is 7.29. The van der Waals surface area contributed by atoms with Crippen LogP contribution in [-0.4, -0.2) is 55.3 Å². The summed E-state index contributed by atoms with van der Waals surface area (Å²) in [5, 5.41) is 17.4. The molecule has 1 fully saturated rings. The highest BCUT2D eigenvalue weighted by atomic mass is 16.3. The number of carbonyl (C=O) groups is 1. The molecule has 10 heteroatoms. The van der Waals surface area contributed by atoms with E-state index in [2.05, 4.69) is 45.8 Å². The summed E-state index contributed by atoms with van der Waals surface area (Å²) in [5.41, 5.74) is 24.3. The van der Waals surface area contributed by atoms with Gasteiger partial charge in [-0.15, -0.1) is 0 Å². The molecule has 3 aromatic heterocycles. The number of phenolic OH excluding ortho intramolecular Hbond substituents is 1. The predicted molar refractivity (Wildman–Crippen MR) is 197 cm³/mol. The normalized spacial score (nSPS) is 15.2. The lowest BCUT2D eigenvalue weighted by Crippen LogP contribution is -2.35. The molecular weight excluding hydrogens is 612 g/mol. The van der Waals surface area contributed by atoms with Crippen molar-refractivity contribution < 1.29 is 9.90 Å². The van der Waals surface area contributed by atoms with Crippen LogP contribution in [0.1, 0.15) is 80.6 Å². The van der Waals surface area contributed by atoms with Crippen molar-refractivity contribution in [2.45, 2.75) is 70.4 Å². The number of aldehydes is 1. The lowest BCUT2D eigenvalue weighted by molar-refractivity contribution is -0.108. The van der Waals surface area contributed by atoms with Crippen LogP contribution in [-0.2, 0) is 11.2 Å². The molecule has 1 aliphatic rings. The second-order valence-electron chi connectivity index (χ2n) is 13.2. The van der Waals surface area contributed by atoms with E-state index in [9.17, 15) is 9.90 Å². The fraction of sp³-hybridized carbons (Fsp3) is 0.359. The maximum absolute atomic E-state index is 11.1. The van der Waals surface area contributed by atoms with Crippen molar-refractivity contribution in [1.29, 1.82) is 0 Å². The molecule has 0 aliphatic carbocycles. The van der Waals surface area contributed by atoms with Crippen molar-refractivity contribution in [3.05, 3.63) is 102 Å². The highest BCUT2D eigenvalue weighted by Crippen LogP contribution is 2.35. The van der Waals surface area contributed by atoms with Gasteiger partial charge in [0.05, 0.1) is 17.8 Å². The van der Waals surface area contributed by atoms with E-state index in [1.54, 1.807) is 30.5 Å². The Morgan fingerprint density at radius 2 is 1.84 bits per heavy atom. The van der Waals surface area contributed by atoms with Crippen LogP contribution < -0.4 is 17.2 Å². The lowest BCUT2D eigenvalue weighted by Gasteiger charge is -2.32. The van der Waals surface area contributed by atoms with Gasteiger partial charge >= 0.3 is 0 Å². The number of fused-ring (bicyclic) bond motifs is 3. The van der Waals surface area contributed by atoms with Crippen LogP contribution >= 0.6 is 0 Å². The molecule has 256 valence electrons. The van der Waals surface area contributed by atoms with Crippen molar-refractivity contribution in [2.24, 2.45) is 17.2 Å². The lowest BCUT2D eigenvalue weighted by atomic mass is 10.0. The standard InChI is InChI=1S/C39H48N8O2/c1-27(10-9-23-48)47-35-15-7-12-28(37(35)32-14-8-19-43-39(32)47)11-3-2-6-20-45-21-17-30(18-22-45)46-26-29(25-44-46)33(38(41)42)24-34(40)31-13-4-5-16-36(31)49/h4-5,7-8,12-16,19,23-27,30,49H,2-3,6,9-11,17-18,20-22,40-42H2,1H3/b34-24-. The largest absolute Gasteiger partial charge is 0.507 e. The topological polar surface area (TPSA) is 154 Å². The molecule has 1 aliphatic heterocycles. The van der Waals surface area contributed by atoms with Crippen molar-refractivity contribution >= 4 is 39.5 Å². The Morgan fingerprint density at radius 1 is 1.02 bits per heavy atom. The van der Waals surface area contributed by atoms with E-state index in [0.717, 1.165) is 69.2 Å². The van der Waals surface area contributed by atoms with E-state index in [4.69, 9.17) is 22.2 Å². The van der Waals surface area contributed by atoms with Gasteiger partial charge in [-0.3, -0.25) is 4.68 Å². The summed E-state index contributed by atoms with van der Waals surface area (Å²) in [6.07, 6.45) is 16.3. The first-order valence-corrected chi connectivity index (χ1v) is 17.4. The maximum Gasteiger partial charge on any atom is 0.141 e. The Balaban J connectivity index is 1.01. The van der Waals surface area contributed by atoms with Crippen molar-refractivity contribution in [2.75, 3.05) is 19.6 Å². The second kappa shape index (κ2) is 15.4. The zero-order chi connectivity index (χ0) is 34.3. The molecule has 1 unspecified atom stereocenters. The van der Waals surface area contributed by atoms with Crippen LogP contribution in [0.2, 0.25) is 0 Å². The van der Waals surface area contributed by atoms with E-state index in [0.29, 0.717) is 29.3 Å². The van der Waals surface area contributed by atoms with Gasteiger partial charge in [-0.25, -0.2) is 4.98 Å². The first-order chi connectivity index (χ1) is 23.9. The van der Waals surface area contributed by atoms with Gasteiger partial charge in [0.15, 0.2) is 0 Å². The number of nitrogens with zero attached hydrogens (tertiary/aromatic N) is 5. The third kappa shape index (κ3) is 7.49. The van der Waals surface area contributed by atoms with Gasteiger partial charge in [0.25, 0.3) is 0 Å². The summed E-state index contributed by atoms with van der Waals surface area (Å²) in [6.45, 7) is 5.36. The number of piperidine rings is 1. The molecule has 7 N–H and O–H groups in total. The molecule has 0 radical (unpaired) electrons. The Labute approximate surface area is 287 Å². The molecule has 49 heavy (non-hydrogen) atoms. The zero-order valence-electron chi connectivity index (χ0n) is 28.3. The number of pyridine rings is 1. The fourth-order valence-electron chi connectivity index (χ4n) is 7.29. The molecule has 1 saturated heterocycles. The van der Waals surface area contributed by atoms with Gasteiger partial charge in [0.2, 0.25) is 0 Å². The van der Waals surface area contributed by atoms with Crippen molar-refractivity contribution in [3.63, 3.8) is 0 Å². The van der Waals surface area contributed by atoms with Crippen LogP contribution in [0.15, 0.2) is 85.1 Å². The number of aromatic hydroxyl groups is 1. The Morgan fingerprint density at radius 3 is 2.61 bits per heavy atom. The highest BCUT2D eigenvalue weighted by molar-refractivity contribution is 6.08. The molecule has 5 aromatic rings. The Hall–Kier alpha value is -5.09. The molecule has 0 spiro atoms. The van der Waals surface area contributed by atoms with E-state index >= 15 is 0 Å². The minimum absolute atomic E-state index is 0.0994. The molecule has 0 bridgehead atoms. The van der Waals surface area contributed by atoms with E-state index in [1.807, 2.05) is 29.2 Å². The number of allylic oxidation sites excluding steroid dienone is 2. The summed E-state index contributed by atoms with van der Waals surface area (Å²) in [4.78, 5) is 18.4. The number of unbranched alkanes of at least 4 members (excludes halogenated alkanes) is 2. The SMILES string of the molecule is CC(CCC=O)n1c2cccc(CCCCCN3CCC(n4cc(C(/C=C(\N)c5ccccc5O)=C(N)N)cn4)CC3)c2c2cccnc21. The second-order valence-corrected chi connectivity index (χ2v) is 13.2. The summed E-state index contributed by atoms with van der Waals surface area (Å²) >= 11 is 0. The highest BCUT2D eigenvalue weighted by Gasteiger charge is 2.22. The average molecular weight is 661 g/mol. The first kappa shape index (κ1) is 33.8. The van der Waals surface area contributed by atoms with Gasteiger partial charge in [0.1, 0.15) is 23.5 Å². The predicted octanol–water partition coefficient (Wildman–Crippen LogP) is 6.27. The van der Waals surface area contributed by atoms with Crippen LogP contribution in [0.5, 0.6) is 5.75 Å². The number of aromatic nitrogens is 4. The minimum Gasteiger partial charge on any atom is -0.507 e. The first-order valence-electron chi connectivity index (χ1n) is 17.4. The molecule has 10 nitrogen and oxygen atoms in total. The third-order valence-electron chi connectivity index (χ3n) is 9.91. The van der Waals surface area contributed by atoms with Gasteiger partial charge in [0, 0.05) is 71.1 Å². The number of aryl methyl sites for hydroxylation is 1. The average Bonchev–Trinajstić information content (AvgIpc) is 3.73. The smallest absolute Gasteiger partial charge is 0.141 e. The summed E-state index contributed by atoms with van der Waals surface area (Å²) < 4.78 is 4.34. The monoisotopic (exact) mass is 660 g/mol. The number of phenols is 1. The minimum atomic E-state index is 0.0994. The van der Waals surface area contributed by atoms with Gasteiger partial charge < -0.3 is 36.6 Å².